The number of amides is 1. The van der Waals surface area contributed by atoms with Crippen LogP contribution in [0.2, 0.25) is 0 Å². The summed E-state index contributed by atoms with van der Waals surface area (Å²) >= 11 is 0. The average molecular weight is 334 g/mol. The van der Waals surface area contributed by atoms with Gasteiger partial charge in [0.25, 0.3) is 0 Å². The summed E-state index contributed by atoms with van der Waals surface area (Å²) in [6, 6.07) is 6.59. The number of nitro groups is 1. The number of methoxy groups -OCH3 is 1. The van der Waals surface area contributed by atoms with Crippen LogP contribution in [-0.4, -0.2) is 24.0 Å². The summed E-state index contributed by atoms with van der Waals surface area (Å²) in [4.78, 5) is 24.3. The standard InChI is InChI=1S/C16H15FN2O5/c1-23-15-5-4-10(7-13(15)17)18(9-11-3-2-6-24-11)16(20)12-8-14(12)19(21)22/h2-7,12,14H,8-9H2,1H3/t12-,14-/m0/s1. The number of rotatable bonds is 6. The molecule has 1 aliphatic rings. The van der Waals surface area contributed by atoms with Gasteiger partial charge in [-0.25, -0.2) is 4.39 Å². The molecule has 0 aliphatic heterocycles. The van der Waals surface area contributed by atoms with E-state index in [1.54, 1.807) is 12.1 Å². The summed E-state index contributed by atoms with van der Waals surface area (Å²) in [5.74, 6) is -1.18. The molecule has 0 saturated heterocycles. The molecule has 2 atom stereocenters. The summed E-state index contributed by atoms with van der Waals surface area (Å²) < 4.78 is 24.1. The Morgan fingerprint density at radius 3 is 2.83 bits per heavy atom. The predicted molar refractivity (Wildman–Crippen MR) is 81.7 cm³/mol. The maximum Gasteiger partial charge on any atom is 0.237 e. The minimum atomic E-state index is -0.875. The lowest BCUT2D eigenvalue weighted by Gasteiger charge is -2.22. The first-order valence-electron chi connectivity index (χ1n) is 7.32. The number of nitrogens with zero attached hydrogens (tertiary/aromatic N) is 2. The van der Waals surface area contributed by atoms with Crippen LogP contribution in [0.15, 0.2) is 41.0 Å². The maximum atomic E-state index is 14.0. The Kier molecular flexibility index (Phi) is 4.20. The second kappa shape index (κ2) is 6.31. The first-order valence-corrected chi connectivity index (χ1v) is 7.32. The van der Waals surface area contributed by atoms with Crippen molar-refractivity contribution in [2.75, 3.05) is 12.0 Å². The van der Waals surface area contributed by atoms with Crippen LogP contribution in [-0.2, 0) is 11.3 Å². The van der Waals surface area contributed by atoms with Crippen molar-refractivity contribution in [2.45, 2.75) is 19.0 Å². The number of hydrogen-bond acceptors (Lipinski definition) is 5. The topological polar surface area (TPSA) is 85.8 Å². The molecule has 1 aromatic carbocycles. The van der Waals surface area contributed by atoms with E-state index in [0.717, 1.165) is 0 Å². The third-order valence-corrected chi connectivity index (χ3v) is 3.95. The first-order chi connectivity index (χ1) is 11.5. The third-order valence-electron chi connectivity index (χ3n) is 3.95. The Balaban J connectivity index is 1.89. The Morgan fingerprint density at radius 1 is 1.50 bits per heavy atom. The third kappa shape index (κ3) is 3.08. The summed E-state index contributed by atoms with van der Waals surface area (Å²) in [7, 11) is 1.34. The number of furan rings is 1. The van der Waals surface area contributed by atoms with Crippen molar-refractivity contribution in [1.82, 2.24) is 0 Å². The maximum absolute atomic E-state index is 14.0. The number of ether oxygens (including phenoxy) is 1. The van der Waals surface area contributed by atoms with Gasteiger partial charge >= 0.3 is 0 Å². The van der Waals surface area contributed by atoms with Gasteiger partial charge in [-0.05, 0) is 24.3 Å². The second-order valence-corrected chi connectivity index (χ2v) is 5.52. The normalized spacial score (nSPS) is 18.9. The Bertz CT molecular complexity index is 762. The van der Waals surface area contributed by atoms with Gasteiger partial charge in [-0.3, -0.25) is 14.9 Å². The fourth-order valence-corrected chi connectivity index (χ4v) is 2.56. The van der Waals surface area contributed by atoms with Crippen LogP contribution in [0.3, 0.4) is 0 Å². The zero-order valence-corrected chi connectivity index (χ0v) is 12.8. The Labute approximate surface area is 136 Å². The number of benzene rings is 1. The lowest BCUT2D eigenvalue weighted by molar-refractivity contribution is -0.497. The van der Waals surface area contributed by atoms with E-state index < -0.39 is 28.6 Å². The van der Waals surface area contributed by atoms with Gasteiger partial charge in [0.1, 0.15) is 11.7 Å². The monoisotopic (exact) mass is 334 g/mol. The molecule has 0 spiro atoms. The van der Waals surface area contributed by atoms with Gasteiger partial charge in [0.2, 0.25) is 11.9 Å². The number of halogens is 1. The van der Waals surface area contributed by atoms with E-state index in [2.05, 4.69) is 0 Å². The van der Waals surface area contributed by atoms with Crippen LogP contribution in [0.4, 0.5) is 10.1 Å². The van der Waals surface area contributed by atoms with Gasteiger partial charge in [-0.2, -0.15) is 0 Å². The largest absolute Gasteiger partial charge is 0.494 e. The first kappa shape index (κ1) is 16.0. The smallest absolute Gasteiger partial charge is 0.237 e. The van der Waals surface area contributed by atoms with E-state index in [4.69, 9.17) is 9.15 Å². The molecule has 24 heavy (non-hydrogen) atoms. The van der Waals surface area contributed by atoms with E-state index >= 15 is 0 Å². The number of carbonyl (C=O) groups is 1. The van der Waals surface area contributed by atoms with Crippen molar-refractivity contribution in [1.29, 1.82) is 0 Å². The highest BCUT2D eigenvalue weighted by Crippen LogP contribution is 2.37. The molecule has 0 radical (unpaired) electrons. The van der Waals surface area contributed by atoms with E-state index in [1.165, 1.54) is 36.5 Å². The van der Waals surface area contributed by atoms with Gasteiger partial charge in [-0.1, -0.05) is 0 Å². The van der Waals surface area contributed by atoms with Crippen molar-refractivity contribution in [3.8, 4) is 5.75 Å². The molecule has 1 aliphatic carbocycles. The van der Waals surface area contributed by atoms with Crippen LogP contribution in [0, 0.1) is 21.8 Å². The average Bonchev–Trinajstić information content (AvgIpc) is 3.21. The second-order valence-electron chi connectivity index (χ2n) is 5.52. The molecular weight excluding hydrogens is 319 g/mol. The molecule has 8 heteroatoms. The molecule has 1 saturated carbocycles. The molecule has 3 rings (SSSR count). The minimum Gasteiger partial charge on any atom is -0.494 e. The molecule has 1 fully saturated rings. The lowest BCUT2D eigenvalue weighted by Crippen LogP contribution is -2.33. The van der Waals surface area contributed by atoms with Gasteiger partial charge < -0.3 is 14.1 Å². The molecule has 0 N–H and O–H groups in total. The molecule has 7 nitrogen and oxygen atoms in total. The van der Waals surface area contributed by atoms with Gasteiger partial charge in [-0.15, -0.1) is 0 Å². The SMILES string of the molecule is COc1ccc(N(Cc2ccco2)C(=O)[C@H]2C[C@@H]2[N+](=O)[O-])cc1F. The van der Waals surface area contributed by atoms with Crippen molar-refractivity contribution < 1.29 is 23.3 Å². The van der Waals surface area contributed by atoms with Crippen LogP contribution < -0.4 is 9.64 Å². The summed E-state index contributed by atoms with van der Waals surface area (Å²) in [5.41, 5.74) is 0.295. The Morgan fingerprint density at radius 2 is 2.29 bits per heavy atom. The van der Waals surface area contributed by atoms with Gasteiger partial charge in [0.05, 0.1) is 19.9 Å². The van der Waals surface area contributed by atoms with Gasteiger partial charge in [0.15, 0.2) is 11.6 Å². The molecule has 1 heterocycles. The van der Waals surface area contributed by atoms with E-state index in [9.17, 15) is 19.3 Å². The Hall–Kier alpha value is -2.90. The quantitative estimate of drug-likeness (QED) is 0.599. The summed E-state index contributed by atoms with van der Waals surface area (Å²) in [6.45, 7) is 0.0680. The highest BCUT2D eigenvalue weighted by atomic mass is 19.1. The number of carbonyl (C=O) groups excluding carboxylic acids is 1. The van der Waals surface area contributed by atoms with E-state index in [1.807, 2.05) is 0 Å². The van der Waals surface area contributed by atoms with Crippen molar-refractivity contribution in [2.24, 2.45) is 5.92 Å². The highest BCUT2D eigenvalue weighted by Gasteiger charge is 2.54. The molecule has 1 aromatic heterocycles. The summed E-state index contributed by atoms with van der Waals surface area (Å²) in [5, 5.41) is 10.8. The molecule has 1 amide bonds. The fraction of sp³-hybridized carbons (Fsp3) is 0.312. The van der Waals surface area contributed by atoms with E-state index in [0.29, 0.717) is 11.4 Å². The van der Waals surface area contributed by atoms with Gasteiger partial charge in [0, 0.05) is 23.1 Å². The van der Waals surface area contributed by atoms with Crippen LogP contribution >= 0.6 is 0 Å². The minimum absolute atomic E-state index is 0.0544. The zero-order valence-electron chi connectivity index (χ0n) is 12.8. The van der Waals surface area contributed by atoms with E-state index in [-0.39, 0.29) is 18.7 Å². The summed E-state index contributed by atoms with van der Waals surface area (Å²) in [6.07, 6.45) is 1.66. The van der Waals surface area contributed by atoms with Crippen LogP contribution in [0.5, 0.6) is 5.75 Å². The van der Waals surface area contributed by atoms with Crippen LogP contribution in [0.25, 0.3) is 0 Å². The molecule has 2 aromatic rings. The number of hydrogen-bond donors (Lipinski definition) is 0. The molecule has 0 unspecified atom stereocenters. The molecular formula is C16H15FN2O5. The van der Waals surface area contributed by atoms with Crippen molar-refractivity contribution >= 4 is 11.6 Å². The molecule has 126 valence electrons. The van der Waals surface area contributed by atoms with Crippen molar-refractivity contribution in [3.63, 3.8) is 0 Å². The predicted octanol–water partition coefficient (Wildman–Crippen LogP) is 2.63. The fourth-order valence-electron chi connectivity index (χ4n) is 2.56. The number of anilines is 1. The zero-order chi connectivity index (χ0) is 17.3. The van der Waals surface area contributed by atoms with Crippen molar-refractivity contribution in [3.05, 3.63) is 58.3 Å². The van der Waals surface area contributed by atoms with Crippen LogP contribution in [0.1, 0.15) is 12.2 Å². The highest BCUT2D eigenvalue weighted by molar-refractivity contribution is 5.97. The molecule has 0 bridgehead atoms. The lowest BCUT2D eigenvalue weighted by atomic mass is 10.2.